The summed E-state index contributed by atoms with van der Waals surface area (Å²) in [5.41, 5.74) is 1.83. The SMILES string of the molecule is COc1cc(/C=C(/C#N)C(=O)c2ccccc2)ccc1OCc1ccc([N+](=O)[O-])cc1. The summed E-state index contributed by atoms with van der Waals surface area (Å²) in [5.74, 6) is 0.534. The van der Waals surface area contributed by atoms with Gasteiger partial charge in [-0.25, -0.2) is 0 Å². The highest BCUT2D eigenvalue weighted by atomic mass is 16.6. The number of non-ortho nitro benzene ring substituents is 1. The summed E-state index contributed by atoms with van der Waals surface area (Å²) in [5, 5.41) is 20.2. The maximum Gasteiger partial charge on any atom is 0.269 e. The fourth-order valence-corrected chi connectivity index (χ4v) is 2.83. The van der Waals surface area contributed by atoms with Gasteiger partial charge in [0, 0.05) is 17.7 Å². The summed E-state index contributed by atoms with van der Waals surface area (Å²) in [4.78, 5) is 22.8. The van der Waals surface area contributed by atoms with Gasteiger partial charge in [0.15, 0.2) is 11.5 Å². The molecule has 0 spiro atoms. The van der Waals surface area contributed by atoms with Crippen molar-refractivity contribution >= 4 is 17.5 Å². The number of benzene rings is 3. The fourth-order valence-electron chi connectivity index (χ4n) is 2.83. The minimum atomic E-state index is -0.460. The van der Waals surface area contributed by atoms with E-state index in [1.807, 2.05) is 6.07 Å². The fraction of sp³-hybridized carbons (Fsp3) is 0.0833. The Balaban J connectivity index is 1.77. The Bertz CT molecular complexity index is 1160. The van der Waals surface area contributed by atoms with Crippen LogP contribution in [0.3, 0.4) is 0 Å². The van der Waals surface area contributed by atoms with Crippen LogP contribution in [0.2, 0.25) is 0 Å². The van der Waals surface area contributed by atoms with Crippen LogP contribution < -0.4 is 9.47 Å². The minimum absolute atomic E-state index is 0.00722. The van der Waals surface area contributed by atoms with Crippen molar-refractivity contribution in [3.05, 3.63) is 105 Å². The van der Waals surface area contributed by atoms with Crippen molar-refractivity contribution in [2.45, 2.75) is 6.61 Å². The van der Waals surface area contributed by atoms with Crippen LogP contribution in [0.15, 0.2) is 78.4 Å². The highest BCUT2D eigenvalue weighted by Gasteiger charge is 2.13. The molecule has 3 aromatic carbocycles. The molecule has 0 unspecified atom stereocenters. The van der Waals surface area contributed by atoms with Gasteiger partial charge in [0.25, 0.3) is 5.69 Å². The van der Waals surface area contributed by atoms with Crippen LogP contribution in [0.5, 0.6) is 11.5 Å². The van der Waals surface area contributed by atoms with Crippen molar-refractivity contribution in [1.29, 1.82) is 5.26 Å². The van der Waals surface area contributed by atoms with Gasteiger partial charge in [-0.05, 0) is 41.5 Å². The standard InChI is InChI=1S/C24H18N2O5/c1-30-23-14-18(13-20(15-25)24(27)19-5-3-2-4-6-19)9-12-22(23)31-16-17-7-10-21(11-8-17)26(28)29/h2-14H,16H2,1H3/b20-13-. The summed E-state index contributed by atoms with van der Waals surface area (Å²) >= 11 is 0. The molecule has 3 aromatic rings. The molecule has 31 heavy (non-hydrogen) atoms. The van der Waals surface area contributed by atoms with Crippen molar-refractivity contribution < 1.29 is 19.2 Å². The van der Waals surface area contributed by atoms with Crippen LogP contribution in [-0.4, -0.2) is 17.8 Å². The van der Waals surface area contributed by atoms with Crippen LogP contribution >= 0.6 is 0 Å². The average Bonchev–Trinajstić information content (AvgIpc) is 2.81. The van der Waals surface area contributed by atoms with Crippen LogP contribution in [0.25, 0.3) is 6.08 Å². The van der Waals surface area contributed by atoms with Gasteiger partial charge in [-0.2, -0.15) is 5.26 Å². The van der Waals surface area contributed by atoms with Gasteiger partial charge < -0.3 is 9.47 Å². The van der Waals surface area contributed by atoms with Gasteiger partial charge in [0.2, 0.25) is 5.78 Å². The molecule has 0 aliphatic rings. The Morgan fingerprint density at radius 1 is 1.06 bits per heavy atom. The molecular weight excluding hydrogens is 396 g/mol. The second-order valence-corrected chi connectivity index (χ2v) is 6.49. The number of Topliss-reactive ketones (excluding diaryl/α,β-unsaturated/α-hetero) is 1. The molecule has 3 rings (SSSR count). The highest BCUT2D eigenvalue weighted by molar-refractivity contribution is 6.14. The quantitative estimate of drug-likeness (QED) is 0.169. The third kappa shape index (κ3) is 5.34. The number of ether oxygens (including phenoxy) is 2. The number of carbonyl (C=O) groups excluding carboxylic acids is 1. The number of nitro benzene ring substituents is 1. The monoisotopic (exact) mass is 414 g/mol. The molecule has 0 saturated heterocycles. The molecule has 7 heteroatoms. The molecule has 0 atom stereocenters. The maximum atomic E-state index is 12.5. The third-order valence-corrected chi connectivity index (χ3v) is 4.44. The number of carbonyl (C=O) groups is 1. The van der Waals surface area contributed by atoms with E-state index >= 15 is 0 Å². The van der Waals surface area contributed by atoms with Crippen LogP contribution in [0, 0.1) is 21.4 Å². The number of allylic oxidation sites excluding steroid dienone is 1. The van der Waals surface area contributed by atoms with Crippen molar-refractivity contribution in [3.63, 3.8) is 0 Å². The van der Waals surface area contributed by atoms with E-state index in [2.05, 4.69) is 0 Å². The molecule has 0 saturated carbocycles. The largest absolute Gasteiger partial charge is 0.493 e. The lowest BCUT2D eigenvalue weighted by Crippen LogP contribution is -2.01. The number of ketones is 1. The maximum absolute atomic E-state index is 12.5. The highest BCUT2D eigenvalue weighted by Crippen LogP contribution is 2.30. The Kier molecular flexibility index (Phi) is 6.76. The first-order chi connectivity index (χ1) is 15.0. The molecule has 0 amide bonds. The van der Waals surface area contributed by atoms with Gasteiger partial charge in [-0.1, -0.05) is 36.4 Å². The van der Waals surface area contributed by atoms with Gasteiger partial charge in [-0.15, -0.1) is 0 Å². The molecule has 0 aliphatic heterocycles. The first kappa shape index (κ1) is 21.3. The zero-order valence-electron chi connectivity index (χ0n) is 16.6. The van der Waals surface area contributed by atoms with Gasteiger partial charge in [0.05, 0.1) is 12.0 Å². The molecule has 0 aromatic heterocycles. The number of rotatable bonds is 8. The van der Waals surface area contributed by atoms with Crippen molar-refractivity contribution in [1.82, 2.24) is 0 Å². The normalized spacial score (nSPS) is 10.8. The molecule has 0 heterocycles. The molecule has 154 valence electrons. The molecule has 0 N–H and O–H groups in total. The molecule has 0 bridgehead atoms. The zero-order valence-corrected chi connectivity index (χ0v) is 16.6. The van der Waals surface area contributed by atoms with Crippen molar-refractivity contribution in [2.24, 2.45) is 0 Å². The minimum Gasteiger partial charge on any atom is -0.493 e. The molecule has 0 fully saturated rings. The molecule has 7 nitrogen and oxygen atoms in total. The first-order valence-electron chi connectivity index (χ1n) is 9.27. The summed E-state index contributed by atoms with van der Waals surface area (Å²) < 4.78 is 11.1. The number of hydrogen-bond donors (Lipinski definition) is 0. The van der Waals surface area contributed by atoms with E-state index in [1.54, 1.807) is 60.7 Å². The summed E-state index contributed by atoms with van der Waals surface area (Å²) in [6, 6.07) is 21.7. The lowest BCUT2D eigenvalue weighted by molar-refractivity contribution is -0.384. The second-order valence-electron chi connectivity index (χ2n) is 6.49. The Labute approximate surface area is 178 Å². The summed E-state index contributed by atoms with van der Waals surface area (Å²) in [7, 11) is 1.49. The Hall–Kier alpha value is -4.44. The predicted molar refractivity (Wildman–Crippen MR) is 115 cm³/mol. The van der Waals surface area contributed by atoms with E-state index in [4.69, 9.17) is 9.47 Å². The van der Waals surface area contributed by atoms with Gasteiger partial charge in [0.1, 0.15) is 18.2 Å². The van der Waals surface area contributed by atoms with Gasteiger partial charge in [-0.3, -0.25) is 14.9 Å². The number of nitriles is 1. The summed E-state index contributed by atoms with van der Waals surface area (Å²) in [6.45, 7) is 0.194. The van der Waals surface area contributed by atoms with Gasteiger partial charge >= 0.3 is 0 Å². The lowest BCUT2D eigenvalue weighted by atomic mass is 10.0. The number of methoxy groups -OCH3 is 1. The lowest BCUT2D eigenvalue weighted by Gasteiger charge is -2.11. The smallest absolute Gasteiger partial charge is 0.269 e. The Morgan fingerprint density at radius 2 is 1.77 bits per heavy atom. The number of hydrogen-bond acceptors (Lipinski definition) is 6. The van der Waals surface area contributed by atoms with E-state index in [1.165, 1.54) is 25.3 Å². The predicted octanol–water partition coefficient (Wildman–Crippen LogP) is 4.97. The van der Waals surface area contributed by atoms with Crippen LogP contribution in [0.4, 0.5) is 5.69 Å². The van der Waals surface area contributed by atoms with E-state index in [0.717, 1.165) is 5.56 Å². The van der Waals surface area contributed by atoms with Crippen LogP contribution in [-0.2, 0) is 6.61 Å². The van der Waals surface area contributed by atoms with E-state index < -0.39 is 4.92 Å². The second kappa shape index (κ2) is 9.85. The topological polar surface area (TPSA) is 102 Å². The van der Waals surface area contributed by atoms with E-state index in [-0.39, 0.29) is 23.7 Å². The number of nitrogens with zero attached hydrogens (tertiary/aromatic N) is 2. The van der Waals surface area contributed by atoms with E-state index in [0.29, 0.717) is 22.6 Å². The molecule has 0 aliphatic carbocycles. The third-order valence-electron chi connectivity index (χ3n) is 4.44. The molecule has 0 radical (unpaired) electrons. The number of nitro groups is 1. The first-order valence-corrected chi connectivity index (χ1v) is 9.27. The average molecular weight is 414 g/mol. The Morgan fingerprint density at radius 3 is 2.39 bits per heavy atom. The van der Waals surface area contributed by atoms with Crippen molar-refractivity contribution in [3.8, 4) is 17.6 Å². The summed E-state index contributed by atoms with van der Waals surface area (Å²) in [6.07, 6.45) is 1.50. The van der Waals surface area contributed by atoms with E-state index in [9.17, 15) is 20.2 Å². The van der Waals surface area contributed by atoms with Crippen LogP contribution in [0.1, 0.15) is 21.5 Å². The zero-order chi connectivity index (χ0) is 22.2. The van der Waals surface area contributed by atoms with Crippen molar-refractivity contribution in [2.75, 3.05) is 7.11 Å². The molecular formula is C24H18N2O5.